The summed E-state index contributed by atoms with van der Waals surface area (Å²) in [7, 11) is 1.43. The number of fused-ring (bicyclic) bond motifs is 1. The van der Waals surface area contributed by atoms with Crippen LogP contribution in [0.4, 0.5) is 10.6 Å². The average molecular weight is 374 g/mol. The van der Waals surface area contributed by atoms with Crippen LogP contribution in [0.3, 0.4) is 0 Å². The fourth-order valence-electron chi connectivity index (χ4n) is 2.60. The van der Waals surface area contributed by atoms with E-state index in [2.05, 4.69) is 10.3 Å². The van der Waals surface area contributed by atoms with Crippen LogP contribution in [0, 0.1) is 6.92 Å². The Balaban J connectivity index is 2.08. The molecule has 3 aromatic rings. The molecule has 0 aliphatic heterocycles. The molecule has 0 fully saturated rings. The fourth-order valence-corrected chi connectivity index (χ4v) is 2.80. The third kappa shape index (κ3) is 3.48. The molecular weight excluding hydrogens is 358 g/mol. The Morgan fingerprint density at radius 2 is 2.15 bits per heavy atom. The number of nitrogen functional groups attached to an aromatic ring is 1. The normalized spacial score (nSPS) is 10.7. The van der Waals surface area contributed by atoms with Gasteiger partial charge < -0.3 is 20.2 Å². The van der Waals surface area contributed by atoms with Crippen LogP contribution >= 0.6 is 11.6 Å². The zero-order valence-corrected chi connectivity index (χ0v) is 14.9. The Morgan fingerprint density at radius 3 is 2.85 bits per heavy atom. The topological polar surface area (TPSA) is 107 Å². The number of aryl methyl sites for hydroxylation is 1. The molecule has 26 heavy (non-hydrogen) atoms. The number of benzene rings is 1. The van der Waals surface area contributed by atoms with E-state index in [9.17, 15) is 9.59 Å². The number of hydrogen-bond donors (Lipinski definition) is 2. The van der Waals surface area contributed by atoms with Crippen LogP contribution in [0.15, 0.2) is 39.5 Å². The average Bonchev–Trinajstić information content (AvgIpc) is 2.60. The molecule has 0 aliphatic rings. The maximum Gasteiger partial charge on any atom is 0.412 e. The molecule has 2 heterocycles. The Bertz CT molecular complexity index is 1060. The minimum Gasteiger partial charge on any atom is -0.422 e. The third-order valence-electron chi connectivity index (χ3n) is 3.93. The van der Waals surface area contributed by atoms with Crippen molar-refractivity contribution in [3.8, 4) is 5.75 Å². The van der Waals surface area contributed by atoms with Crippen molar-refractivity contribution in [1.29, 1.82) is 0 Å². The number of carbonyl (C=O) groups excluding carboxylic acids is 1. The van der Waals surface area contributed by atoms with Crippen molar-refractivity contribution in [2.45, 2.75) is 13.3 Å². The summed E-state index contributed by atoms with van der Waals surface area (Å²) in [6, 6.07) is 8.25. The van der Waals surface area contributed by atoms with Crippen molar-refractivity contribution in [1.82, 2.24) is 10.3 Å². The van der Waals surface area contributed by atoms with Gasteiger partial charge in [0.1, 0.15) is 11.4 Å². The van der Waals surface area contributed by atoms with Crippen LogP contribution in [0.2, 0.25) is 5.02 Å². The largest absolute Gasteiger partial charge is 0.422 e. The lowest BCUT2D eigenvalue weighted by atomic mass is 10.0. The van der Waals surface area contributed by atoms with Crippen molar-refractivity contribution in [3.63, 3.8) is 0 Å². The van der Waals surface area contributed by atoms with E-state index in [0.717, 1.165) is 0 Å². The maximum absolute atomic E-state index is 12.4. The number of nitrogens with two attached hydrogens (primary N) is 1. The zero-order valence-electron chi connectivity index (χ0n) is 14.1. The van der Waals surface area contributed by atoms with Gasteiger partial charge in [-0.05, 0) is 30.7 Å². The second-order valence-corrected chi connectivity index (χ2v) is 6.05. The Hall–Kier alpha value is -3.06. The molecule has 134 valence electrons. The maximum atomic E-state index is 12.4. The SMILES string of the molecule is CNC(=O)Oc1cc2oc(=O)c(Cc3cccc(N)n3)c(C)c2cc1Cl. The number of anilines is 1. The molecule has 1 amide bonds. The van der Waals surface area contributed by atoms with Crippen molar-refractivity contribution >= 4 is 34.5 Å². The Morgan fingerprint density at radius 1 is 1.38 bits per heavy atom. The van der Waals surface area contributed by atoms with Gasteiger partial charge in [-0.3, -0.25) is 0 Å². The first-order valence-electron chi connectivity index (χ1n) is 7.76. The molecule has 0 saturated carbocycles. The van der Waals surface area contributed by atoms with Gasteiger partial charge in [0.2, 0.25) is 0 Å². The van der Waals surface area contributed by atoms with Crippen LogP contribution in [-0.2, 0) is 6.42 Å². The van der Waals surface area contributed by atoms with Crippen LogP contribution < -0.4 is 21.4 Å². The fraction of sp³-hybridized carbons (Fsp3) is 0.167. The molecular formula is C18H16ClN3O4. The molecule has 2 aromatic heterocycles. The van der Waals surface area contributed by atoms with E-state index in [4.69, 9.17) is 26.5 Å². The first-order chi connectivity index (χ1) is 12.4. The van der Waals surface area contributed by atoms with Gasteiger partial charge in [0.05, 0.1) is 5.02 Å². The first kappa shape index (κ1) is 17.8. The minimum atomic E-state index is -0.672. The van der Waals surface area contributed by atoms with Gasteiger partial charge >= 0.3 is 11.7 Å². The molecule has 1 aromatic carbocycles. The van der Waals surface area contributed by atoms with Crippen LogP contribution in [0.1, 0.15) is 16.8 Å². The van der Waals surface area contributed by atoms with Gasteiger partial charge in [-0.25, -0.2) is 14.6 Å². The minimum absolute atomic E-state index is 0.103. The number of pyridine rings is 1. The Kier molecular flexibility index (Phi) is 4.81. The van der Waals surface area contributed by atoms with Crippen LogP contribution in [-0.4, -0.2) is 18.1 Å². The number of hydrogen-bond acceptors (Lipinski definition) is 6. The summed E-state index contributed by atoms with van der Waals surface area (Å²) in [6.07, 6.45) is -0.391. The third-order valence-corrected chi connectivity index (χ3v) is 4.23. The standard InChI is InChI=1S/C18H16ClN3O4/c1-9-11-7-13(19)15(26-18(24)21-2)8-14(11)25-17(23)12(9)6-10-4-3-5-16(20)22-10/h3-5,7-8H,6H2,1-2H3,(H2,20,22)(H,21,24). The number of nitrogens with one attached hydrogen (secondary N) is 1. The van der Waals surface area contributed by atoms with Gasteiger partial charge in [-0.2, -0.15) is 0 Å². The highest BCUT2D eigenvalue weighted by molar-refractivity contribution is 6.33. The molecule has 0 bridgehead atoms. The highest BCUT2D eigenvalue weighted by Gasteiger charge is 2.16. The predicted molar refractivity (Wildman–Crippen MR) is 98.8 cm³/mol. The van der Waals surface area contributed by atoms with Crippen molar-refractivity contribution in [2.24, 2.45) is 0 Å². The number of aromatic nitrogens is 1. The summed E-state index contributed by atoms with van der Waals surface area (Å²) in [5, 5.41) is 3.20. The number of nitrogens with zero attached hydrogens (tertiary/aromatic N) is 1. The van der Waals surface area contributed by atoms with E-state index in [1.165, 1.54) is 13.1 Å². The first-order valence-corrected chi connectivity index (χ1v) is 8.13. The number of carbonyl (C=O) groups is 1. The molecule has 0 saturated heterocycles. The molecule has 3 rings (SSSR count). The quantitative estimate of drug-likeness (QED) is 0.683. The monoisotopic (exact) mass is 373 g/mol. The molecule has 0 spiro atoms. The van der Waals surface area contributed by atoms with E-state index in [1.54, 1.807) is 31.2 Å². The number of amides is 1. The number of ether oxygens (including phenoxy) is 1. The van der Waals surface area contributed by atoms with Crippen LogP contribution in [0.25, 0.3) is 11.0 Å². The molecule has 7 nitrogen and oxygen atoms in total. The van der Waals surface area contributed by atoms with E-state index in [0.29, 0.717) is 28.0 Å². The second-order valence-electron chi connectivity index (χ2n) is 5.64. The van der Waals surface area contributed by atoms with Gasteiger partial charge in [0.25, 0.3) is 0 Å². The second kappa shape index (κ2) is 7.05. The van der Waals surface area contributed by atoms with Crippen LogP contribution in [0.5, 0.6) is 5.75 Å². The highest BCUT2D eigenvalue weighted by Crippen LogP contribution is 2.32. The van der Waals surface area contributed by atoms with E-state index in [-0.39, 0.29) is 22.8 Å². The molecule has 0 aliphatic carbocycles. The molecule has 0 unspecified atom stereocenters. The van der Waals surface area contributed by atoms with Gasteiger partial charge in [-0.15, -0.1) is 0 Å². The van der Waals surface area contributed by atoms with Crippen molar-refractivity contribution < 1.29 is 13.9 Å². The molecule has 8 heteroatoms. The summed E-state index contributed by atoms with van der Waals surface area (Å²) in [5.74, 6) is 0.482. The highest BCUT2D eigenvalue weighted by atomic mass is 35.5. The number of rotatable bonds is 3. The summed E-state index contributed by atoms with van der Waals surface area (Å²) >= 11 is 6.20. The number of halogens is 1. The van der Waals surface area contributed by atoms with Gasteiger partial charge in [0, 0.05) is 36.2 Å². The summed E-state index contributed by atoms with van der Waals surface area (Å²) < 4.78 is 10.5. The van der Waals surface area contributed by atoms with E-state index in [1.807, 2.05) is 0 Å². The van der Waals surface area contributed by atoms with E-state index < -0.39 is 11.7 Å². The Labute approximate surface area is 153 Å². The molecule has 0 atom stereocenters. The summed E-state index contributed by atoms with van der Waals surface area (Å²) in [4.78, 5) is 28.0. The summed E-state index contributed by atoms with van der Waals surface area (Å²) in [6.45, 7) is 1.80. The zero-order chi connectivity index (χ0) is 18.8. The molecule has 0 radical (unpaired) electrons. The predicted octanol–water partition coefficient (Wildman–Crippen LogP) is 3.04. The lowest BCUT2D eigenvalue weighted by molar-refractivity contribution is 0.203. The summed E-state index contributed by atoms with van der Waals surface area (Å²) in [5.41, 5.74) is 7.31. The van der Waals surface area contributed by atoms with Gasteiger partial charge in [0.15, 0.2) is 5.75 Å². The van der Waals surface area contributed by atoms with Gasteiger partial charge in [-0.1, -0.05) is 17.7 Å². The van der Waals surface area contributed by atoms with Crippen molar-refractivity contribution in [3.05, 3.63) is 62.6 Å². The lowest BCUT2D eigenvalue weighted by Gasteiger charge is -2.11. The van der Waals surface area contributed by atoms with Crippen molar-refractivity contribution in [2.75, 3.05) is 12.8 Å². The smallest absolute Gasteiger partial charge is 0.412 e. The lowest BCUT2D eigenvalue weighted by Crippen LogP contribution is -2.22. The van der Waals surface area contributed by atoms with E-state index >= 15 is 0 Å². The molecule has 3 N–H and O–H groups in total.